The number of rotatable bonds is 8. The van der Waals surface area contributed by atoms with Gasteiger partial charge >= 0.3 is 0 Å². The van der Waals surface area contributed by atoms with Crippen LogP contribution in [0.3, 0.4) is 0 Å². The molecule has 2 atom stereocenters. The van der Waals surface area contributed by atoms with Crippen LogP contribution in [0, 0.1) is 11.3 Å². The van der Waals surface area contributed by atoms with Crippen LogP contribution >= 0.6 is 0 Å². The van der Waals surface area contributed by atoms with Crippen molar-refractivity contribution in [2.24, 2.45) is 0 Å². The molecule has 0 radical (unpaired) electrons. The molecule has 1 fully saturated rings. The smallest absolute Gasteiger partial charge is 0.251 e. The Labute approximate surface area is 177 Å². The number of aromatic nitrogens is 1. The van der Waals surface area contributed by atoms with Crippen molar-refractivity contribution in [3.05, 3.63) is 65.5 Å². The summed E-state index contributed by atoms with van der Waals surface area (Å²) in [6.07, 6.45) is 6.62. The van der Waals surface area contributed by atoms with E-state index in [0.717, 1.165) is 24.8 Å². The summed E-state index contributed by atoms with van der Waals surface area (Å²) in [6.45, 7) is 1.13. The van der Waals surface area contributed by atoms with Crippen molar-refractivity contribution in [2.45, 2.75) is 37.8 Å². The minimum atomic E-state index is -0.183. The zero-order valence-electron chi connectivity index (χ0n) is 17.2. The lowest BCUT2D eigenvalue weighted by Gasteiger charge is -2.25. The van der Waals surface area contributed by atoms with E-state index in [1.54, 1.807) is 36.7 Å². The topological polar surface area (TPSA) is 98.1 Å². The van der Waals surface area contributed by atoms with Crippen LogP contribution in [0.25, 0.3) is 0 Å². The Balaban J connectivity index is 1.40. The third-order valence-corrected chi connectivity index (χ3v) is 5.64. The monoisotopic (exact) mass is 405 g/mol. The number of carbonyl (C=O) groups is 2. The Morgan fingerprint density at radius 3 is 2.70 bits per heavy atom. The van der Waals surface area contributed by atoms with Gasteiger partial charge in [-0.05, 0) is 62.2 Å². The Hall–Kier alpha value is -3.24. The maximum atomic E-state index is 12.4. The van der Waals surface area contributed by atoms with Gasteiger partial charge in [0, 0.05) is 49.6 Å². The number of nitriles is 1. The minimum absolute atomic E-state index is 0.0545. The molecule has 2 N–H and O–H groups in total. The second-order valence-corrected chi connectivity index (χ2v) is 7.61. The van der Waals surface area contributed by atoms with Gasteiger partial charge in [-0.25, -0.2) is 0 Å². The Bertz CT molecular complexity index is 909. The maximum absolute atomic E-state index is 12.4. The Morgan fingerprint density at radius 1 is 1.17 bits per heavy atom. The fraction of sp³-hybridized carbons (Fsp3) is 0.391. The van der Waals surface area contributed by atoms with E-state index in [0.29, 0.717) is 30.6 Å². The molecule has 3 rings (SSSR count). The predicted molar refractivity (Wildman–Crippen MR) is 114 cm³/mol. The standard InChI is InChI=1S/C23H27N5O2/c1-28-20(14-22(29)26-12-9-17-7-10-25-11-8-17)5-6-21(28)16-27-23(30)19-4-2-3-18(13-19)15-24/h2-4,7-8,10-11,13,20-21H,5-6,9,12,14,16H2,1H3,(H,26,29)(H,27,30)/t20-,21+/m1/s1. The molecule has 2 amide bonds. The molecule has 1 aliphatic heterocycles. The first kappa shape index (κ1) is 21.5. The molecular formula is C23H27N5O2. The first-order valence-corrected chi connectivity index (χ1v) is 10.2. The van der Waals surface area contributed by atoms with Gasteiger partial charge in [-0.2, -0.15) is 5.26 Å². The molecule has 7 nitrogen and oxygen atoms in total. The second-order valence-electron chi connectivity index (χ2n) is 7.61. The fourth-order valence-electron chi connectivity index (χ4n) is 3.81. The molecule has 0 spiro atoms. The molecule has 0 aliphatic carbocycles. The number of amides is 2. The van der Waals surface area contributed by atoms with Crippen molar-refractivity contribution in [1.82, 2.24) is 20.5 Å². The summed E-state index contributed by atoms with van der Waals surface area (Å²) in [4.78, 5) is 30.9. The van der Waals surface area contributed by atoms with Crippen molar-refractivity contribution >= 4 is 11.8 Å². The molecule has 1 aliphatic rings. The average molecular weight is 406 g/mol. The van der Waals surface area contributed by atoms with E-state index in [1.165, 1.54) is 0 Å². The molecular weight excluding hydrogens is 378 g/mol. The van der Waals surface area contributed by atoms with E-state index in [2.05, 4.69) is 20.5 Å². The van der Waals surface area contributed by atoms with E-state index in [9.17, 15) is 9.59 Å². The number of benzene rings is 1. The third kappa shape index (κ3) is 5.88. The number of hydrogen-bond acceptors (Lipinski definition) is 5. The van der Waals surface area contributed by atoms with E-state index in [4.69, 9.17) is 5.26 Å². The van der Waals surface area contributed by atoms with Crippen LogP contribution in [0.2, 0.25) is 0 Å². The van der Waals surface area contributed by atoms with Crippen LogP contribution < -0.4 is 10.6 Å². The molecule has 1 aromatic heterocycles. The van der Waals surface area contributed by atoms with Crippen molar-refractivity contribution in [3.8, 4) is 6.07 Å². The van der Waals surface area contributed by atoms with Gasteiger partial charge in [0.1, 0.15) is 0 Å². The third-order valence-electron chi connectivity index (χ3n) is 5.64. The highest BCUT2D eigenvalue weighted by atomic mass is 16.2. The Morgan fingerprint density at radius 2 is 1.93 bits per heavy atom. The molecule has 156 valence electrons. The van der Waals surface area contributed by atoms with E-state index in [-0.39, 0.29) is 23.9 Å². The maximum Gasteiger partial charge on any atom is 0.251 e. The van der Waals surface area contributed by atoms with Crippen LogP contribution in [0.4, 0.5) is 0 Å². The number of nitrogens with one attached hydrogen (secondary N) is 2. The van der Waals surface area contributed by atoms with Gasteiger partial charge in [-0.1, -0.05) is 6.07 Å². The lowest BCUT2D eigenvalue weighted by molar-refractivity contribution is -0.122. The van der Waals surface area contributed by atoms with Crippen molar-refractivity contribution in [3.63, 3.8) is 0 Å². The number of pyridine rings is 1. The highest BCUT2D eigenvalue weighted by molar-refractivity contribution is 5.94. The number of nitrogens with zero attached hydrogens (tertiary/aromatic N) is 3. The van der Waals surface area contributed by atoms with E-state index >= 15 is 0 Å². The van der Waals surface area contributed by atoms with Gasteiger partial charge in [0.15, 0.2) is 0 Å². The first-order valence-electron chi connectivity index (χ1n) is 10.2. The summed E-state index contributed by atoms with van der Waals surface area (Å²) in [7, 11) is 2.01. The largest absolute Gasteiger partial charge is 0.356 e. The van der Waals surface area contributed by atoms with Crippen LogP contribution in [-0.2, 0) is 11.2 Å². The number of likely N-dealkylation sites (N-methyl/N-ethyl adjacent to an activating group) is 1. The lowest BCUT2D eigenvalue weighted by Crippen LogP contribution is -2.42. The number of hydrogen-bond donors (Lipinski definition) is 2. The minimum Gasteiger partial charge on any atom is -0.356 e. The summed E-state index contributed by atoms with van der Waals surface area (Å²) >= 11 is 0. The molecule has 2 heterocycles. The number of carbonyl (C=O) groups excluding carboxylic acids is 2. The fourth-order valence-corrected chi connectivity index (χ4v) is 3.81. The van der Waals surface area contributed by atoms with E-state index < -0.39 is 0 Å². The highest BCUT2D eigenvalue weighted by Gasteiger charge is 2.31. The van der Waals surface area contributed by atoms with Gasteiger partial charge in [0.25, 0.3) is 5.91 Å². The highest BCUT2D eigenvalue weighted by Crippen LogP contribution is 2.24. The van der Waals surface area contributed by atoms with Crippen LogP contribution in [0.5, 0.6) is 0 Å². The lowest BCUT2D eigenvalue weighted by atomic mass is 10.1. The van der Waals surface area contributed by atoms with Crippen molar-refractivity contribution in [2.75, 3.05) is 20.1 Å². The van der Waals surface area contributed by atoms with Crippen LogP contribution in [0.15, 0.2) is 48.8 Å². The first-order chi connectivity index (χ1) is 14.6. The molecule has 7 heteroatoms. The van der Waals surface area contributed by atoms with Gasteiger partial charge in [-0.3, -0.25) is 19.5 Å². The van der Waals surface area contributed by atoms with E-state index in [1.807, 2.05) is 25.2 Å². The molecule has 0 saturated carbocycles. The normalized spacial score (nSPS) is 18.5. The summed E-state index contributed by atoms with van der Waals surface area (Å²) < 4.78 is 0. The summed E-state index contributed by atoms with van der Waals surface area (Å²) in [5.41, 5.74) is 2.11. The molecule has 0 unspecified atom stereocenters. The SMILES string of the molecule is CN1[C@@H](CC(=O)NCCc2ccncc2)CC[C@H]1CNC(=O)c1cccc(C#N)c1. The zero-order valence-corrected chi connectivity index (χ0v) is 17.2. The molecule has 1 aromatic carbocycles. The van der Waals surface area contributed by atoms with Crippen LogP contribution in [0.1, 0.15) is 40.7 Å². The predicted octanol–water partition coefficient (Wildman–Crippen LogP) is 1.89. The van der Waals surface area contributed by atoms with Crippen LogP contribution in [-0.4, -0.2) is 53.9 Å². The van der Waals surface area contributed by atoms with Crippen molar-refractivity contribution < 1.29 is 9.59 Å². The quantitative estimate of drug-likeness (QED) is 0.699. The molecule has 30 heavy (non-hydrogen) atoms. The number of likely N-dealkylation sites (tertiary alicyclic amines) is 1. The summed E-state index contributed by atoms with van der Waals surface area (Å²) in [5, 5.41) is 14.9. The molecule has 0 bridgehead atoms. The molecule has 1 saturated heterocycles. The zero-order chi connectivity index (χ0) is 21.3. The van der Waals surface area contributed by atoms with Gasteiger partial charge in [0.05, 0.1) is 11.6 Å². The summed E-state index contributed by atoms with van der Waals surface area (Å²) in [6, 6.07) is 13.0. The van der Waals surface area contributed by atoms with Gasteiger partial charge in [0.2, 0.25) is 5.91 Å². The summed E-state index contributed by atoms with van der Waals surface area (Å²) in [5.74, 6) is -0.128. The average Bonchev–Trinajstić information content (AvgIpc) is 3.12. The van der Waals surface area contributed by atoms with Gasteiger partial charge < -0.3 is 10.6 Å². The van der Waals surface area contributed by atoms with Gasteiger partial charge in [-0.15, -0.1) is 0 Å². The molecule has 2 aromatic rings. The van der Waals surface area contributed by atoms with Crippen molar-refractivity contribution in [1.29, 1.82) is 5.26 Å². The Kier molecular flexibility index (Phi) is 7.52. The second kappa shape index (κ2) is 10.5.